The summed E-state index contributed by atoms with van der Waals surface area (Å²) in [6, 6.07) is 22.0. The van der Waals surface area contributed by atoms with E-state index in [1.807, 2.05) is 60.7 Å². The second-order valence-corrected chi connectivity index (χ2v) is 8.81. The van der Waals surface area contributed by atoms with Crippen LogP contribution in [0.2, 0.25) is 0 Å². The summed E-state index contributed by atoms with van der Waals surface area (Å²) in [6.45, 7) is 0.918. The van der Waals surface area contributed by atoms with Crippen LogP contribution in [0.4, 0.5) is 4.39 Å². The van der Waals surface area contributed by atoms with Gasteiger partial charge < -0.3 is 19.1 Å². The lowest BCUT2D eigenvalue weighted by Crippen LogP contribution is -2.29. The van der Waals surface area contributed by atoms with E-state index >= 15 is 0 Å². The van der Waals surface area contributed by atoms with E-state index in [1.165, 1.54) is 12.1 Å². The van der Waals surface area contributed by atoms with Crippen molar-refractivity contribution in [1.82, 2.24) is 4.90 Å². The van der Waals surface area contributed by atoms with E-state index in [1.54, 1.807) is 4.90 Å². The number of esters is 1. The highest BCUT2D eigenvalue weighted by Crippen LogP contribution is 2.37. The van der Waals surface area contributed by atoms with Crippen LogP contribution in [-0.4, -0.2) is 29.9 Å². The predicted octanol–water partition coefficient (Wildman–Crippen LogP) is 4.57. The molecule has 3 aromatic carbocycles. The Labute approximate surface area is 203 Å². The molecule has 1 fully saturated rings. The topological polar surface area (TPSA) is 65.1 Å². The molecule has 2 aliphatic heterocycles. The summed E-state index contributed by atoms with van der Waals surface area (Å²) in [5, 5.41) is 0. The molecule has 2 aliphatic rings. The standard InChI is InChI=1S/C28H26FNO5/c29-24-13-22(26-23(14-24)18-34-28(35-26)20-9-5-2-6-10-20)17-33-27(32)21-15-25(31)30(16-21)12-11-19-7-3-1-4-8-19/h1-10,13-14,21,28H,11-12,15-18H2/t21-,28-/m0/s1. The number of amides is 1. The van der Waals surface area contributed by atoms with Crippen LogP contribution in [0, 0.1) is 11.7 Å². The first-order valence-corrected chi connectivity index (χ1v) is 11.7. The van der Waals surface area contributed by atoms with Crippen molar-refractivity contribution in [2.75, 3.05) is 13.1 Å². The largest absolute Gasteiger partial charge is 0.460 e. The molecule has 1 amide bonds. The first-order chi connectivity index (χ1) is 17.1. The molecule has 0 aromatic heterocycles. The molecule has 0 N–H and O–H groups in total. The lowest BCUT2D eigenvalue weighted by Gasteiger charge is -2.28. The fraction of sp³-hybridized carbons (Fsp3) is 0.286. The summed E-state index contributed by atoms with van der Waals surface area (Å²) < 4.78 is 31.5. The van der Waals surface area contributed by atoms with E-state index in [4.69, 9.17) is 14.2 Å². The molecule has 0 aliphatic carbocycles. The van der Waals surface area contributed by atoms with Crippen LogP contribution >= 0.6 is 0 Å². The average molecular weight is 476 g/mol. The van der Waals surface area contributed by atoms with Crippen molar-refractivity contribution in [1.29, 1.82) is 0 Å². The van der Waals surface area contributed by atoms with Crippen molar-refractivity contribution in [3.05, 3.63) is 101 Å². The second-order valence-electron chi connectivity index (χ2n) is 8.81. The summed E-state index contributed by atoms with van der Waals surface area (Å²) in [6.07, 6.45) is 0.218. The molecule has 0 spiro atoms. The van der Waals surface area contributed by atoms with Gasteiger partial charge in [0.15, 0.2) is 0 Å². The highest BCUT2D eigenvalue weighted by molar-refractivity contribution is 5.86. The second kappa shape index (κ2) is 10.3. The number of hydrogen-bond acceptors (Lipinski definition) is 5. The van der Waals surface area contributed by atoms with E-state index in [9.17, 15) is 14.0 Å². The van der Waals surface area contributed by atoms with Crippen LogP contribution in [0.3, 0.4) is 0 Å². The van der Waals surface area contributed by atoms with Gasteiger partial charge in [0.1, 0.15) is 18.2 Å². The van der Waals surface area contributed by atoms with Crippen LogP contribution in [0.15, 0.2) is 72.8 Å². The van der Waals surface area contributed by atoms with Crippen LogP contribution in [0.1, 0.15) is 35.0 Å². The number of halogens is 1. The molecule has 5 rings (SSSR count). The third-order valence-corrected chi connectivity index (χ3v) is 6.33. The van der Waals surface area contributed by atoms with Crippen molar-refractivity contribution in [3.63, 3.8) is 0 Å². The van der Waals surface area contributed by atoms with Gasteiger partial charge in [-0.05, 0) is 24.1 Å². The molecule has 2 heterocycles. The van der Waals surface area contributed by atoms with Gasteiger partial charge in [0, 0.05) is 36.2 Å². The molecule has 0 saturated carbocycles. The van der Waals surface area contributed by atoms with Crippen molar-refractivity contribution in [3.8, 4) is 5.75 Å². The molecule has 180 valence electrons. The SMILES string of the molecule is O=C(OCc1cc(F)cc2c1O[C@@H](c1ccccc1)OC2)[C@H]1CC(=O)N(CCc2ccccc2)C1. The fourth-order valence-electron chi connectivity index (χ4n) is 4.48. The van der Waals surface area contributed by atoms with Crippen LogP contribution < -0.4 is 4.74 Å². The summed E-state index contributed by atoms with van der Waals surface area (Å²) >= 11 is 0. The summed E-state index contributed by atoms with van der Waals surface area (Å²) in [7, 11) is 0. The smallest absolute Gasteiger partial charge is 0.311 e. The third-order valence-electron chi connectivity index (χ3n) is 6.33. The zero-order chi connectivity index (χ0) is 24.2. The normalized spacial score (nSPS) is 19.2. The molecule has 0 bridgehead atoms. The highest BCUT2D eigenvalue weighted by Gasteiger charge is 2.35. The molecule has 3 aromatic rings. The van der Waals surface area contributed by atoms with Crippen molar-refractivity contribution in [2.45, 2.75) is 32.3 Å². The maximum Gasteiger partial charge on any atom is 0.311 e. The Bertz CT molecular complexity index is 1200. The zero-order valence-corrected chi connectivity index (χ0v) is 19.2. The Kier molecular flexibility index (Phi) is 6.77. The minimum atomic E-state index is -0.630. The molecular weight excluding hydrogens is 449 g/mol. The Morgan fingerprint density at radius 1 is 1.06 bits per heavy atom. The molecule has 0 unspecified atom stereocenters. The number of benzene rings is 3. The number of carbonyl (C=O) groups is 2. The van der Waals surface area contributed by atoms with Crippen molar-refractivity contribution >= 4 is 11.9 Å². The summed E-state index contributed by atoms with van der Waals surface area (Å²) in [4.78, 5) is 26.9. The molecule has 6 nitrogen and oxygen atoms in total. The Morgan fingerprint density at radius 3 is 2.57 bits per heavy atom. The van der Waals surface area contributed by atoms with Crippen molar-refractivity contribution < 1.29 is 28.2 Å². The van der Waals surface area contributed by atoms with Gasteiger partial charge in [-0.15, -0.1) is 0 Å². The maximum absolute atomic E-state index is 14.2. The van der Waals surface area contributed by atoms with Gasteiger partial charge >= 0.3 is 5.97 Å². The highest BCUT2D eigenvalue weighted by atomic mass is 19.1. The van der Waals surface area contributed by atoms with Gasteiger partial charge in [-0.3, -0.25) is 9.59 Å². The van der Waals surface area contributed by atoms with E-state index in [0.717, 1.165) is 17.5 Å². The maximum atomic E-state index is 14.2. The first-order valence-electron chi connectivity index (χ1n) is 11.7. The number of carbonyl (C=O) groups excluding carboxylic acids is 2. The lowest BCUT2D eigenvalue weighted by molar-refractivity contribution is -0.150. The molecule has 1 saturated heterocycles. The van der Waals surface area contributed by atoms with Gasteiger partial charge in [-0.1, -0.05) is 60.7 Å². The number of fused-ring (bicyclic) bond motifs is 1. The van der Waals surface area contributed by atoms with Gasteiger partial charge in [0.2, 0.25) is 12.2 Å². The summed E-state index contributed by atoms with van der Waals surface area (Å²) in [5.74, 6) is -1.05. The van der Waals surface area contributed by atoms with Crippen molar-refractivity contribution in [2.24, 2.45) is 5.92 Å². The van der Waals surface area contributed by atoms with Gasteiger partial charge in [0.05, 0.1) is 12.5 Å². The summed E-state index contributed by atoms with van der Waals surface area (Å²) in [5.41, 5.74) is 2.97. The number of rotatable bonds is 7. The molecule has 2 atom stereocenters. The van der Waals surface area contributed by atoms with E-state index in [0.29, 0.717) is 30.0 Å². The molecule has 7 heteroatoms. The third kappa shape index (κ3) is 5.35. The molecule has 35 heavy (non-hydrogen) atoms. The first kappa shape index (κ1) is 23.1. The quantitative estimate of drug-likeness (QED) is 0.469. The van der Waals surface area contributed by atoms with Gasteiger partial charge in [-0.2, -0.15) is 0 Å². The lowest BCUT2D eigenvalue weighted by atomic mass is 10.1. The molecular formula is C28H26FNO5. The van der Waals surface area contributed by atoms with Crippen LogP contribution in [0.25, 0.3) is 0 Å². The monoisotopic (exact) mass is 475 g/mol. The molecule has 0 radical (unpaired) electrons. The number of ether oxygens (including phenoxy) is 3. The van der Waals surface area contributed by atoms with Crippen LogP contribution in [0.5, 0.6) is 5.75 Å². The van der Waals surface area contributed by atoms with E-state index < -0.39 is 24.0 Å². The zero-order valence-electron chi connectivity index (χ0n) is 19.2. The fourth-order valence-corrected chi connectivity index (χ4v) is 4.48. The van der Waals surface area contributed by atoms with E-state index in [2.05, 4.69) is 0 Å². The number of hydrogen-bond donors (Lipinski definition) is 0. The van der Waals surface area contributed by atoms with Crippen LogP contribution in [-0.2, 0) is 38.7 Å². The minimum absolute atomic E-state index is 0.0581. The van der Waals surface area contributed by atoms with Gasteiger partial charge in [-0.25, -0.2) is 4.39 Å². The van der Waals surface area contributed by atoms with Gasteiger partial charge in [0.25, 0.3) is 0 Å². The average Bonchev–Trinajstić information content (AvgIpc) is 3.27. The van der Waals surface area contributed by atoms with E-state index in [-0.39, 0.29) is 25.5 Å². The number of likely N-dealkylation sites (tertiary alicyclic amines) is 1. The Balaban J connectivity index is 1.21. The predicted molar refractivity (Wildman–Crippen MR) is 126 cm³/mol. The Morgan fingerprint density at radius 2 is 1.80 bits per heavy atom. The minimum Gasteiger partial charge on any atom is -0.460 e. The number of nitrogens with zero attached hydrogens (tertiary/aromatic N) is 1. The Hall–Kier alpha value is -3.71.